The number of benzene rings is 1. The van der Waals surface area contributed by atoms with Crippen molar-refractivity contribution in [3.05, 3.63) is 35.9 Å². The molecule has 1 fully saturated rings. The first-order chi connectivity index (χ1) is 15.4. The summed E-state index contributed by atoms with van der Waals surface area (Å²) in [5.74, 6) is -0.149. The van der Waals surface area contributed by atoms with E-state index in [1.165, 1.54) is 12.7 Å². The third kappa shape index (κ3) is 8.48. The summed E-state index contributed by atoms with van der Waals surface area (Å²) >= 11 is 0. The predicted molar refractivity (Wildman–Crippen MR) is 134 cm³/mol. The number of aliphatic hydroxyl groups excluding tert-OH is 1. The lowest BCUT2D eigenvalue weighted by atomic mass is 9.98. The number of methoxy groups -OCH3 is 1. The van der Waals surface area contributed by atoms with Crippen molar-refractivity contribution in [2.24, 2.45) is 0 Å². The molecule has 1 aromatic carbocycles. The summed E-state index contributed by atoms with van der Waals surface area (Å²) in [4.78, 5) is 17.7. The van der Waals surface area contributed by atoms with Crippen LogP contribution in [-0.4, -0.2) is 55.9 Å². The van der Waals surface area contributed by atoms with Crippen molar-refractivity contribution >= 4 is 14.3 Å². The van der Waals surface area contributed by atoms with Gasteiger partial charge in [0.15, 0.2) is 8.32 Å². The monoisotopic (exact) mass is 479 g/mol. The summed E-state index contributed by atoms with van der Waals surface area (Å²) in [5, 5.41) is 13.3. The molecule has 0 aromatic heterocycles. The maximum absolute atomic E-state index is 11.3. The molecule has 1 aliphatic heterocycles. The highest BCUT2D eigenvalue weighted by atomic mass is 28.4. The summed E-state index contributed by atoms with van der Waals surface area (Å²) in [5.41, 5.74) is 1.19. The highest BCUT2D eigenvalue weighted by Gasteiger charge is 2.43. The minimum absolute atomic E-state index is 0.0869. The Morgan fingerprint density at radius 3 is 2.48 bits per heavy atom. The van der Waals surface area contributed by atoms with Crippen molar-refractivity contribution in [3.63, 3.8) is 0 Å². The Labute approximate surface area is 201 Å². The van der Waals surface area contributed by atoms with E-state index in [4.69, 9.17) is 14.0 Å². The van der Waals surface area contributed by atoms with Gasteiger partial charge in [0.05, 0.1) is 13.2 Å². The highest BCUT2D eigenvalue weighted by molar-refractivity contribution is 6.74. The molecule has 7 heteroatoms. The molecule has 0 radical (unpaired) electrons. The van der Waals surface area contributed by atoms with E-state index in [0.717, 1.165) is 32.1 Å². The maximum atomic E-state index is 11.3. The smallest absolute Gasteiger partial charge is 0.305 e. The fourth-order valence-corrected chi connectivity index (χ4v) is 5.45. The van der Waals surface area contributed by atoms with Crippen LogP contribution in [0.1, 0.15) is 71.8 Å². The zero-order valence-electron chi connectivity index (χ0n) is 21.7. The molecule has 1 saturated heterocycles. The van der Waals surface area contributed by atoms with Gasteiger partial charge in [0, 0.05) is 19.0 Å². The van der Waals surface area contributed by atoms with Crippen LogP contribution in [0.5, 0.6) is 0 Å². The Kier molecular flexibility index (Phi) is 10.6. The Bertz CT molecular complexity index is 721. The summed E-state index contributed by atoms with van der Waals surface area (Å²) < 4.78 is 11.2. The Balaban J connectivity index is 1.99. The second-order valence-corrected chi connectivity index (χ2v) is 15.6. The van der Waals surface area contributed by atoms with Gasteiger partial charge in [0.1, 0.15) is 12.2 Å². The Hall–Kier alpha value is -1.25. The summed E-state index contributed by atoms with van der Waals surface area (Å²) in [6, 6.07) is 10.5. The topological polar surface area (TPSA) is 68.2 Å². The number of ether oxygens (including phenoxy) is 1. The summed E-state index contributed by atoms with van der Waals surface area (Å²) in [6.07, 6.45) is 3.78. The minimum Gasteiger partial charge on any atom is -0.469 e. The zero-order valence-corrected chi connectivity index (χ0v) is 22.7. The van der Waals surface area contributed by atoms with Gasteiger partial charge in [0.2, 0.25) is 0 Å². The molecule has 0 saturated carbocycles. The summed E-state index contributed by atoms with van der Waals surface area (Å²) in [6.45, 7) is 13.7. The number of hydrogen-bond donors (Lipinski definition) is 1. The van der Waals surface area contributed by atoms with Gasteiger partial charge in [0.25, 0.3) is 0 Å². The van der Waals surface area contributed by atoms with Crippen molar-refractivity contribution in [2.45, 2.75) is 115 Å². The second-order valence-electron chi connectivity index (χ2n) is 10.8. The molecule has 1 aliphatic rings. The molecule has 1 aromatic rings. The molecular weight excluding hydrogens is 434 g/mol. The lowest BCUT2D eigenvalue weighted by Gasteiger charge is -2.40. The number of nitrogens with zero attached hydrogens (tertiary/aromatic N) is 1. The Morgan fingerprint density at radius 2 is 1.88 bits per heavy atom. The van der Waals surface area contributed by atoms with Crippen LogP contribution in [0.4, 0.5) is 0 Å². The minimum atomic E-state index is -1.99. The van der Waals surface area contributed by atoms with E-state index in [0.29, 0.717) is 13.0 Å². The molecule has 33 heavy (non-hydrogen) atoms. The van der Waals surface area contributed by atoms with E-state index in [1.54, 1.807) is 0 Å². The van der Waals surface area contributed by atoms with Gasteiger partial charge in [-0.1, -0.05) is 63.9 Å². The van der Waals surface area contributed by atoms with Crippen LogP contribution in [0.2, 0.25) is 18.1 Å². The second kappa shape index (κ2) is 12.5. The average Bonchev–Trinajstić information content (AvgIpc) is 3.14. The fraction of sp³-hybridized carbons (Fsp3) is 0.731. The summed E-state index contributed by atoms with van der Waals surface area (Å²) in [7, 11) is -0.555. The molecule has 4 atom stereocenters. The van der Waals surface area contributed by atoms with Gasteiger partial charge in [-0.3, -0.25) is 9.63 Å². The molecule has 1 N–H and O–H groups in total. The van der Waals surface area contributed by atoms with Crippen LogP contribution in [0.25, 0.3) is 0 Å². The number of rotatable bonds is 12. The molecule has 1 heterocycles. The third-order valence-corrected chi connectivity index (χ3v) is 11.7. The van der Waals surface area contributed by atoms with Gasteiger partial charge in [-0.05, 0) is 49.9 Å². The van der Waals surface area contributed by atoms with Crippen molar-refractivity contribution in [1.29, 1.82) is 0 Å². The lowest BCUT2D eigenvalue weighted by Crippen LogP contribution is -2.48. The zero-order chi connectivity index (χ0) is 24.6. The van der Waals surface area contributed by atoms with Crippen LogP contribution >= 0.6 is 0 Å². The van der Waals surface area contributed by atoms with Crippen LogP contribution < -0.4 is 0 Å². The van der Waals surface area contributed by atoms with E-state index >= 15 is 0 Å². The quantitative estimate of drug-likeness (QED) is 0.244. The van der Waals surface area contributed by atoms with E-state index in [1.807, 2.05) is 30.2 Å². The largest absolute Gasteiger partial charge is 0.469 e. The predicted octanol–water partition coefficient (Wildman–Crippen LogP) is 5.46. The first-order valence-electron chi connectivity index (χ1n) is 12.3. The fourth-order valence-electron chi connectivity index (χ4n) is 4.02. The molecule has 0 amide bonds. The molecule has 2 rings (SSSR count). The molecule has 188 valence electrons. The maximum Gasteiger partial charge on any atom is 0.305 e. The highest BCUT2D eigenvalue weighted by Crippen LogP contribution is 2.38. The van der Waals surface area contributed by atoms with Gasteiger partial charge in [-0.15, -0.1) is 0 Å². The van der Waals surface area contributed by atoms with E-state index in [2.05, 4.69) is 46.0 Å². The number of unbranched alkanes of at least 4 members (excludes halogenated alkanes) is 2. The third-order valence-electron chi connectivity index (χ3n) is 7.16. The van der Waals surface area contributed by atoms with E-state index in [9.17, 15) is 9.90 Å². The number of carbonyl (C=O) groups excluding carboxylic acids is 1. The SMILES string of the molecule is COC(=O)CCCCC[C@H]1C[C@H]([C@H](O)[C@@H](C)O[Si](C)(C)C(C)(C)C)ON1Cc1ccccc1. The molecule has 0 aliphatic carbocycles. The molecule has 6 nitrogen and oxygen atoms in total. The lowest BCUT2D eigenvalue weighted by molar-refractivity contribution is -0.200. The van der Waals surface area contributed by atoms with Gasteiger partial charge < -0.3 is 14.3 Å². The van der Waals surface area contributed by atoms with Crippen molar-refractivity contribution in [3.8, 4) is 0 Å². The first kappa shape index (κ1) is 28.0. The number of aliphatic hydroxyl groups is 1. The number of carbonyl (C=O) groups is 1. The van der Waals surface area contributed by atoms with Crippen LogP contribution in [0, 0.1) is 0 Å². The van der Waals surface area contributed by atoms with Crippen LogP contribution in [0.15, 0.2) is 30.3 Å². The molecule has 0 spiro atoms. The average molecular weight is 480 g/mol. The van der Waals surface area contributed by atoms with Crippen LogP contribution in [0.3, 0.4) is 0 Å². The van der Waals surface area contributed by atoms with Crippen LogP contribution in [-0.2, 0) is 25.3 Å². The van der Waals surface area contributed by atoms with E-state index in [-0.39, 0.29) is 29.3 Å². The normalized spacial score (nSPS) is 21.7. The van der Waals surface area contributed by atoms with Crippen molar-refractivity contribution < 1.29 is 23.9 Å². The van der Waals surface area contributed by atoms with Crippen molar-refractivity contribution in [1.82, 2.24) is 5.06 Å². The molecule has 0 bridgehead atoms. The van der Waals surface area contributed by atoms with E-state index < -0.39 is 14.4 Å². The number of esters is 1. The van der Waals surface area contributed by atoms with Gasteiger partial charge in [-0.2, -0.15) is 5.06 Å². The van der Waals surface area contributed by atoms with Crippen molar-refractivity contribution in [2.75, 3.05) is 7.11 Å². The first-order valence-corrected chi connectivity index (χ1v) is 15.3. The number of hydroxylamine groups is 2. The Morgan fingerprint density at radius 1 is 1.21 bits per heavy atom. The van der Waals surface area contributed by atoms with Gasteiger partial charge in [-0.25, -0.2) is 0 Å². The number of hydrogen-bond acceptors (Lipinski definition) is 6. The standard InChI is InChI=1S/C26H45NO5Si/c1-20(32-33(6,7)26(2,3)4)25(29)23-18-22(16-12-9-13-17-24(28)30-5)27(31-23)19-21-14-10-8-11-15-21/h8,10-11,14-15,20,22-23,25,29H,9,12-13,16-19H2,1-7H3/t20-,22+,23-,25-/m1/s1. The molecule has 0 unspecified atom stereocenters. The van der Waals surface area contributed by atoms with Gasteiger partial charge >= 0.3 is 5.97 Å². The molecular formula is C26H45NO5Si.